The molecule has 0 amide bonds. The Bertz CT molecular complexity index is 202. The van der Waals surface area contributed by atoms with Crippen LogP contribution in [-0.4, -0.2) is 51.3 Å². The van der Waals surface area contributed by atoms with Crippen molar-refractivity contribution in [3.8, 4) is 12.3 Å². The number of hydrogen-bond donors (Lipinski definition) is 1. The van der Waals surface area contributed by atoms with Gasteiger partial charge in [-0.05, 0) is 25.8 Å². The lowest BCUT2D eigenvalue weighted by molar-refractivity contribution is 0.0958. The van der Waals surface area contributed by atoms with Crippen molar-refractivity contribution >= 4 is 0 Å². The maximum absolute atomic E-state index is 5.40. The number of likely N-dealkylation sites (N-methyl/N-ethyl adjacent to an activating group) is 1. The van der Waals surface area contributed by atoms with Crippen molar-refractivity contribution in [3.63, 3.8) is 0 Å². The summed E-state index contributed by atoms with van der Waals surface area (Å²) in [4.78, 5) is 2.36. The number of terminal acetylenes is 1. The predicted octanol–water partition coefficient (Wildman–Crippen LogP) is 0.566. The normalized spacial score (nSPS) is 17.7. The zero-order valence-electron chi connectivity index (χ0n) is 9.83. The summed E-state index contributed by atoms with van der Waals surface area (Å²) in [5, 5.41) is 3.19. The van der Waals surface area contributed by atoms with Gasteiger partial charge in [0.1, 0.15) is 0 Å². The van der Waals surface area contributed by atoms with Gasteiger partial charge in [-0.1, -0.05) is 5.92 Å². The van der Waals surface area contributed by atoms with Gasteiger partial charge in [0, 0.05) is 26.2 Å². The average Bonchev–Trinajstić information content (AvgIpc) is 3.01. The van der Waals surface area contributed by atoms with E-state index in [0.717, 1.165) is 32.2 Å². The minimum absolute atomic E-state index is 0.400. The summed E-state index contributed by atoms with van der Waals surface area (Å²) in [6.07, 6.45) is 8.13. The second-order valence-electron chi connectivity index (χ2n) is 4.24. The highest BCUT2D eigenvalue weighted by Crippen LogP contribution is 2.30. The molecular weight excluding hydrogens is 188 g/mol. The lowest BCUT2D eigenvalue weighted by Gasteiger charge is -2.29. The monoisotopic (exact) mass is 210 g/mol. The van der Waals surface area contributed by atoms with E-state index in [-0.39, 0.29) is 0 Å². The Balaban J connectivity index is 2.43. The molecule has 1 atom stereocenters. The summed E-state index contributed by atoms with van der Waals surface area (Å²) in [5.41, 5.74) is 0. The Morgan fingerprint density at radius 3 is 2.80 bits per heavy atom. The molecule has 1 rings (SSSR count). The molecule has 3 heteroatoms. The molecule has 86 valence electrons. The molecule has 3 nitrogen and oxygen atoms in total. The minimum Gasteiger partial charge on any atom is -0.383 e. The third-order valence-corrected chi connectivity index (χ3v) is 2.80. The molecule has 0 saturated heterocycles. The smallest absolute Gasteiger partial charge is 0.0630 e. The van der Waals surface area contributed by atoms with Gasteiger partial charge in [0.25, 0.3) is 0 Å². The molecule has 0 heterocycles. The largest absolute Gasteiger partial charge is 0.383 e. The lowest BCUT2D eigenvalue weighted by atomic mass is 10.2. The van der Waals surface area contributed by atoms with Crippen LogP contribution in [0.25, 0.3) is 0 Å². The first-order valence-electron chi connectivity index (χ1n) is 5.62. The molecular formula is C12H22N2O. The summed E-state index contributed by atoms with van der Waals surface area (Å²) in [7, 11) is 3.71. The second kappa shape index (κ2) is 6.84. The van der Waals surface area contributed by atoms with Crippen molar-refractivity contribution < 1.29 is 4.74 Å². The fourth-order valence-electron chi connectivity index (χ4n) is 1.81. The van der Waals surface area contributed by atoms with E-state index >= 15 is 0 Å². The molecule has 0 aromatic carbocycles. The Labute approximate surface area is 93.2 Å². The van der Waals surface area contributed by atoms with Crippen LogP contribution in [0.5, 0.6) is 0 Å². The zero-order chi connectivity index (χ0) is 11.1. The summed E-state index contributed by atoms with van der Waals surface area (Å²) < 4.78 is 5.24. The van der Waals surface area contributed by atoms with Crippen molar-refractivity contribution in [1.82, 2.24) is 10.2 Å². The first kappa shape index (κ1) is 12.5. The van der Waals surface area contributed by atoms with Gasteiger partial charge < -0.3 is 10.1 Å². The highest BCUT2D eigenvalue weighted by molar-refractivity contribution is 4.93. The maximum Gasteiger partial charge on any atom is 0.0630 e. The lowest BCUT2D eigenvalue weighted by Crippen LogP contribution is -2.45. The number of ether oxygens (including phenoxy) is 1. The Kier molecular flexibility index (Phi) is 5.70. The van der Waals surface area contributed by atoms with E-state index in [1.54, 1.807) is 7.11 Å². The Hall–Kier alpha value is -0.560. The van der Waals surface area contributed by atoms with E-state index in [4.69, 9.17) is 11.2 Å². The summed E-state index contributed by atoms with van der Waals surface area (Å²) in [5.74, 6) is 3.61. The van der Waals surface area contributed by atoms with E-state index in [2.05, 4.69) is 16.1 Å². The van der Waals surface area contributed by atoms with Gasteiger partial charge in [0.15, 0.2) is 0 Å². The number of methoxy groups -OCH3 is 1. The fraction of sp³-hybridized carbons (Fsp3) is 0.833. The molecule has 1 aliphatic carbocycles. The van der Waals surface area contributed by atoms with Crippen molar-refractivity contribution in [1.29, 1.82) is 0 Å². The first-order chi connectivity index (χ1) is 7.31. The summed E-state index contributed by atoms with van der Waals surface area (Å²) in [6.45, 7) is 3.53. The summed E-state index contributed by atoms with van der Waals surface area (Å²) >= 11 is 0. The predicted molar refractivity (Wildman–Crippen MR) is 62.7 cm³/mol. The van der Waals surface area contributed by atoms with Gasteiger partial charge >= 0.3 is 0 Å². The topological polar surface area (TPSA) is 24.5 Å². The third-order valence-electron chi connectivity index (χ3n) is 2.80. The van der Waals surface area contributed by atoms with E-state index in [9.17, 15) is 0 Å². The molecule has 1 aliphatic rings. The van der Waals surface area contributed by atoms with Crippen LogP contribution in [0.4, 0.5) is 0 Å². The van der Waals surface area contributed by atoms with Crippen molar-refractivity contribution in [2.75, 3.05) is 40.4 Å². The van der Waals surface area contributed by atoms with E-state index in [0.29, 0.717) is 6.04 Å². The van der Waals surface area contributed by atoms with Crippen LogP contribution in [0.3, 0.4) is 0 Å². The second-order valence-corrected chi connectivity index (χ2v) is 4.24. The highest BCUT2D eigenvalue weighted by Gasteiger charge is 2.27. The zero-order valence-corrected chi connectivity index (χ0v) is 9.83. The average molecular weight is 210 g/mol. The standard InChI is InChI=1S/C12H22N2O/c1-4-7-14(9-11-5-6-11)12(8-13-2)10-15-3/h1,11-13H,5-10H2,2-3H3. The molecule has 1 fully saturated rings. The molecule has 0 spiro atoms. The fourth-order valence-corrected chi connectivity index (χ4v) is 1.81. The summed E-state index contributed by atoms with van der Waals surface area (Å²) in [6, 6.07) is 0.400. The van der Waals surface area contributed by atoms with Crippen molar-refractivity contribution in [3.05, 3.63) is 0 Å². The van der Waals surface area contributed by atoms with Gasteiger partial charge in [-0.15, -0.1) is 6.42 Å². The van der Waals surface area contributed by atoms with Gasteiger partial charge in [0.2, 0.25) is 0 Å². The first-order valence-corrected chi connectivity index (χ1v) is 5.62. The van der Waals surface area contributed by atoms with Crippen LogP contribution < -0.4 is 5.32 Å². The number of hydrogen-bond acceptors (Lipinski definition) is 3. The molecule has 0 radical (unpaired) electrons. The molecule has 0 bridgehead atoms. The molecule has 0 aromatic rings. The number of nitrogens with zero attached hydrogens (tertiary/aromatic N) is 1. The quantitative estimate of drug-likeness (QED) is 0.593. The third kappa shape index (κ3) is 4.65. The van der Waals surface area contributed by atoms with Gasteiger partial charge in [0.05, 0.1) is 13.2 Å². The molecule has 1 unspecified atom stereocenters. The molecule has 1 saturated carbocycles. The molecule has 1 N–H and O–H groups in total. The Morgan fingerprint density at radius 1 is 1.60 bits per heavy atom. The molecule has 0 aromatic heterocycles. The van der Waals surface area contributed by atoms with E-state index in [1.165, 1.54) is 12.8 Å². The number of rotatable bonds is 8. The van der Waals surface area contributed by atoms with Crippen molar-refractivity contribution in [2.45, 2.75) is 18.9 Å². The van der Waals surface area contributed by atoms with Crippen LogP contribution in [0.2, 0.25) is 0 Å². The molecule has 15 heavy (non-hydrogen) atoms. The van der Waals surface area contributed by atoms with Gasteiger partial charge in [-0.3, -0.25) is 4.90 Å². The van der Waals surface area contributed by atoms with Crippen LogP contribution in [0.15, 0.2) is 0 Å². The Morgan fingerprint density at radius 2 is 2.33 bits per heavy atom. The SMILES string of the molecule is C#CCN(CC1CC1)C(CNC)COC. The maximum atomic E-state index is 5.40. The minimum atomic E-state index is 0.400. The van der Waals surface area contributed by atoms with Crippen molar-refractivity contribution in [2.24, 2.45) is 5.92 Å². The van der Waals surface area contributed by atoms with Crippen LogP contribution in [-0.2, 0) is 4.74 Å². The van der Waals surface area contributed by atoms with Gasteiger partial charge in [-0.25, -0.2) is 0 Å². The molecule has 0 aliphatic heterocycles. The number of nitrogens with one attached hydrogen (secondary N) is 1. The highest BCUT2D eigenvalue weighted by atomic mass is 16.5. The van der Waals surface area contributed by atoms with Crippen LogP contribution in [0, 0.1) is 18.3 Å². The van der Waals surface area contributed by atoms with Crippen LogP contribution >= 0.6 is 0 Å². The van der Waals surface area contributed by atoms with E-state index in [1.807, 2.05) is 7.05 Å². The van der Waals surface area contributed by atoms with Gasteiger partial charge in [-0.2, -0.15) is 0 Å². The van der Waals surface area contributed by atoms with E-state index < -0.39 is 0 Å². The van der Waals surface area contributed by atoms with Crippen LogP contribution in [0.1, 0.15) is 12.8 Å².